The van der Waals surface area contributed by atoms with Crippen molar-refractivity contribution in [1.29, 1.82) is 5.41 Å². The highest BCUT2D eigenvalue weighted by Gasteiger charge is 2.26. The lowest BCUT2D eigenvalue weighted by Gasteiger charge is -2.37. The van der Waals surface area contributed by atoms with E-state index in [1.54, 1.807) is 0 Å². The van der Waals surface area contributed by atoms with E-state index in [0.717, 1.165) is 37.3 Å². The van der Waals surface area contributed by atoms with Gasteiger partial charge in [0.05, 0.1) is 5.56 Å². The van der Waals surface area contributed by atoms with Crippen molar-refractivity contribution in [3.63, 3.8) is 0 Å². The number of nitrogens with two attached hydrogens (primary N) is 1. The fourth-order valence-electron chi connectivity index (χ4n) is 3.47. The van der Waals surface area contributed by atoms with Crippen LogP contribution in [0.15, 0.2) is 6.07 Å². The summed E-state index contributed by atoms with van der Waals surface area (Å²) in [6.45, 7) is 1.98. The fourth-order valence-corrected chi connectivity index (χ4v) is 3.47. The van der Waals surface area contributed by atoms with Gasteiger partial charge in [0, 0.05) is 24.8 Å². The molecular formula is C16H25N5. The molecule has 114 valence electrons. The number of piperidine rings is 1. The van der Waals surface area contributed by atoms with Crippen LogP contribution in [0.1, 0.15) is 36.1 Å². The van der Waals surface area contributed by atoms with Gasteiger partial charge in [0.25, 0.3) is 0 Å². The van der Waals surface area contributed by atoms with Crippen LogP contribution in [0.4, 0.5) is 5.82 Å². The van der Waals surface area contributed by atoms with E-state index < -0.39 is 0 Å². The first-order chi connectivity index (χ1) is 10.1. The number of nitrogens with one attached hydrogen (secondary N) is 1. The minimum absolute atomic E-state index is 0.138. The third kappa shape index (κ3) is 2.75. The lowest BCUT2D eigenvalue weighted by Crippen LogP contribution is -2.46. The number of aromatic nitrogens is 1. The summed E-state index contributed by atoms with van der Waals surface area (Å²) in [4.78, 5) is 9.49. The number of amidine groups is 1. The van der Waals surface area contributed by atoms with E-state index in [9.17, 15) is 0 Å². The predicted molar refractivity (Wildman–Crippen MR) is 86.2 cm³/mol. The van der Waals surface area contributed by atoms with E-state index in [4.69, 9.17) is 16.1 Å². The van der Waals surface area contributed by atoms with Gasteiger partial charge in [0.15, 0.2) is 0 Å². The highest BCUT2D eigenvalue weighted by molar-refractivity contribution is 6.00. The van der Waals surface area contributed by atoms with Gasteiger partial charge in [0.2, 0.25) is 0 Å². The normalized spacial score (nSPS) is 21.7. The molecule has 1 atom stereocenters. The zero-order valence-corrected chi connectivity index (χ0v) is 13.0. The first-order valence-corrected chi connectivity index (χ1v) is 7.85. The molecule has 0 amide bonds. The fraction of sp³-hybridized carbons (Fsp3) is 0.625. The largest absolute Gasteiger partial charge is 0.384 e. The molecule has 5 nitrogen and oxygen atoms in total. The molecule has 1 aliphatic heterocycles. The molecule has 1 saturated heterocycles. The number of anilines is 1. The van der Waals surface area contributed by atoms with Gasteiger partial charge < -0.3 is 15.5 Å². The summed E-state index contributed by atoms with van der Waals surface area (Å²) in [6.07, 6.45) is 5.70. The molecule has 1 fully saturated rings. The van der Waals surface area contributed by atoms with Crippen LogP contribution in [-0.2, 0) is 12.8 Å². The third-order valence-electron chi connectivity index (χ3n) is 4.75. The van der Waals surface area contributed by atoms with Crippen molar-refractivity contribution >= 4 is 11.7 Å². The summed E-state index contributed by atoms with van der Waals surface area (Å²) >= 11 is 0. The Bertz CT molecular complexity index is 552. The quantitative estimate of drug-likeness (QED) is 0.651. The summed E-state index contributed by atoms with van der Waals surface area (Å²) in [7, 11) is 4.27. The van der Waals surface area contributed by atoms with Crippen molar-refractivity contribution in [2.45, 2.75) is 38.1 Å². The Morgan fingerprint density at radius 2 is 2.19 bits per heavy atom. The van der Waals surface area contributed by atoms with Gasteiger partial charge in [0.1, 0.15) is 11.7 Å². The van der Waals surface area contributed by atoms with Crippen LogP contribution in [-0.4, -0.2) is 48.9 Å². The molecule has 1 aliphatic carbocycles. The second kappa shape index (κ2) is 5.64. The Hall–Kier alpha value is -1.62. The van der Waals surface area contributed by atoms with Gasteiger partial charge in [-0.2, -0.15) is 0 Å². The summed E-state index contributed by atoms with van der Waals surface area (Å²) in [6, 6.07) is 2.65. The molecular weight excluding hydrogens is 262 g/mol. The number of aryl methyl sites for hydroxylation is 2. The van der Waals surface area contributed by atoms with E-state index in [1.807, 2.05) is 0 Å². The van der Waals surface area contributed by atoms with Gasteiger partial charge in [-0.3, -0.25) is 5.41 Å². The number of pyridine rings is 1. The van der Waals surface area contributed by atoms with Crippen LogP contribution < -0.4 is 10.6 Å². The van der Waals surface area contributed by atoms with Crippen LogP contribution in [0.3, 0.4) is 0 Å². The van der Waals surface area contributed by atoms with Gasteiger partial charge in [-0.15, -0.1) is 0 Å². The summed E-state index contributed by atoms with van der Waals surface area (Å²) in [5.41, 5.74) is 9.12. The van der Waals surface area contributed by atoms with Crippen molar-refractivity contribution in [3.8, 4) is 0 Å². The average Bonchev–Trinajstić information content (AvgIpc) is 2.93. The topological polar surface area (TPSA) is 69.2 Å². The minimum atomic E-state index is 0.138. The second-order valence-electron chi connectivity index (χ2n) is 6.44. The van der Waals surface area contributed by atoms with E-state index >= 15 is 0 Å². The van der Waals surface area contributed by atoms with E-state index in [0.29, 0.717) is 6.04 Å². The molecule has 3 N–H and O–H groups in total. The lowest BCUT2D eigenvalue weighted by atomic mass is 10.0. The van der Waals surface area contributed by atoms with E-state index in [1.165, 1.54) is 30.5 Å². The Balaban J connectivity index is 1.95. The van der Waals surface area contributed by atoms with Crippen LogP contribution in [0, 0.1) is 5.41 Å². The number of hydrogen-bond acceptors (Lipinski definition) is 4. The van der Waals surface area contributed by atoms with Crippen molar-refractivity contribution in [2.24, 2.45) is 5.73 Å². The molecule has 5 heteroatoms. The predicted octanol–water partition coefficient (Wildman–Crippen LogP) is 1.38. The van der Waals surface area contributed by atoms with Crippen molar-refractivity contribution in [3.05, 3.63) is 22.9 Å². The Kier molecular flexibility index (Phi) is 3.85. The SMILES string of the molecule is CN(C)C1CCCN(c2nc3c(cc2C(=N)N)CCC3)C1. The maximum atomic E-state index is 7.89. The number of likely N-dealkylation sites (N-methyl/N-ethyl adjacent to an activating group) is 1. The second-order valence-corrected chi connectivity index (χ2v) is 6.44. The minimum Gasteiger partial charge on any atom is -0.384 e. The standard InChI is InChI=1S/C16H25N5/c1-20(2)12-6-4-8-21(10-12)16-13(15(17)18)9-11-5-3-7-14(11)19-16/h9,12H,3-8,10H2,1-2H3,(H3,17,18). The number of nitrogens with zero attached hydrogens (tertiary/aromatic N) is 3. The monoisotopic (exact) mass is 287 g/mol. The van der Waals surface area contributed by atoms with Crippen LogP contribution in [0.25, 0.3) is 0 Å². The highest BCUT2D eigenvalue weighted by Crippen LogP contribution is 2.29. The van der Waals surface area contributed by atoms with Crippen LogP contribution in [0.5, 0.6) is 0 Å². The Labute approximate surface area is 126 Å². The van der Waals surface area contributed by atoms with Crippen molar-refractivity contribution in [1.82, 2.24) is 9.88 Å². The van der Waals surface area contributed by atoms with Gasteiger partial charge in [-0.05, 0) is 57.8 Å². The summed E-state index contributed by atoms with van der Waals surface area (Å²) in [5, 5.41) is 7.89. The molecule has 1 aromatic heterocycles. The number of nitrogen functional groups attached to an aromatic ring is 1. The smallest absolute Gasteiger partial charge is 0.139 e. The Morgan fingerprint density at radius 3 is 2.90 bits per heavy atom. The highest BCUT2D eigenvalue weighted by atomic mass is 15.2. The van der Waals surface area contributed by atoms with Gasteiger partial charge in [-0.25, -0.2) is 4.98 Å². The van der Waals surface area contributed by atoms with E-state index in [2.05, 4.69) is 30.0 Å². The van der Waals surface area contributed by atoms with Crippen molar-refractivity contribution in [2.75, 3.05) is 32.1 Å². The molecule has 0 radical (unpaired) electrons. The maximum Gasteiger partial charge on any atom is 0.139 e. The zero-order valence-electron chi connectivity index (χ0n) is 13.0. The third-order valence-corrected chi connectivity index (χ3v) is 4.75. The molecule has 3 rings (SSSR count). The molecule has 2 heterocycles. The van der Waals surface area contributed by atoms with Gasteiger partial charge >= 0.3 is 0 Å². The van der Waals surface area contributed by atoms with E-state index in [-0.39, 0.29) is 5.84 Å². The summed E-state index contributed by atoms with van der Waals surface area (Å²) < 4.78 is 0. The number of fused-ring (bicyclic) bond motifs is 1. The zero-order chi connectivity index (χ0) is 15.0. The van der Waals surface area contributed by atoms with Crippen LogP contribution >= 0.6 is 0 Å². The van der Waals surface area contributed by atoms with Crippen molar-refractivity contribution < 1.29 is 0 Å². The maximum absolute atomic E-state index is 7.89. The lowest BCUT2D eigenvalue weighted by molar-refractivity contribution is 0.257. The number of rotatable bonds is 3. The molecule has 2 aliphatic rings. The molecule has 21 heavy (non-hydrogen) atoms. The Morgan fingerprint density at radius 1 is 1.38 bits per heavy atom. The molecule has 0 bridgehead atoms. The molecule has 1 aromatic rings. The molecule has 0 spiro atoms. The van der Waals surface area contributed by atoms with Crippen LogP contribution in [0.2, 0.25) is 0 Å². The first kappa shape index (κ1) is 14.3. The summed E-state index contributed by atoms with van der Waals surface area (Å²) in [5.74, 6) is 1.06. The first-order valence-electron chi connectivity index (χ1n) is 7.85. The molecule has 1 unspecified atom stereocenters. The molecule has 0 saturated carbocycles. The molecule has 0 aromatic carbocycles. The van der Waals surface area contributed by atoms with Gasteiger partial charge in [-0.1, -0.05) is 0 Å². The average molecular weight is 287 g/mol. The number of hydrogen-bond donors (Lipinski definition) is 2.